The third kappa shape index (κ3) is 4.67. The zero-order valence-corrected chi connectivity index (χ0v) is 16.7. The van der Waals surface area contributed by atoms with Crippen LogP contribution < -0.4 is 4.74 Å². The lowest BCUT2D eigenvalue weighted by molar-refractivity contribution is -0.134. The number of ether oxygens (including phenoxy) is 1. The minimum atomic E-state index is -0.0913. The Bertz CT molecular complexity index is 952. The molecule has 1 fully saturated rings. The number of aromatic nitrogens is 1. The molecule has 0 N–H and O–H groups in total. The van der Waals surface area contributed by atoms with Crippen LogP contribution in [0.2, 0.25) is 0 Å². The van der Waals surface area contributed by atoms with Crippen molar-refractivity contribution in [3.8, 4) is 5.75 Å². The van der Waals surface area contributed by atoms with Gasteiger partial charge in [0.25, 0.3) is 0 Å². The van der Waals surface area contributed by atoms with Crippen LogP contribution in [0.15, 0.2) is 65.2 Å². The Balaban J connectivity index is 1.48. The maximum absolute atomic E-state index is 13.1. The summed E-state index contributed by atoms with van der Waals surface area (Å²) in [7, 11) is 1.64. The van der Waals surface area contributed by atoms with Gasteiger partial charge < -0.3 is 14.1 Å². The van der Waals surface area contributed by atoms with Crippen molar-refractivity contribution in [2.75, 3.05) is 13.7 Å². The molecule has 1 aliphatic heterocycles. The van der Waals surface area contributed by atoms with Crippen LogP contribution in [-0.2, 0) is 17.6 Å². The van der Waals surface area contributed by atoms with Crippen molar-refractivity contribution in [3.63, 3.8) is 0 Å². The maximum Gasteiger partial charge on any atom is 0.227 e. The summed E-state index contributed by atoms with van der Waals surface area (Å²) in [5, 5.41) is 0. The summed E-state index contributed by atoms with van der Waals surface area (Å²) >= 11 is 0. The van der Waals surface area contributed by atoms with Crippen LogP contribution in [0.3, 0.4) is 0 Å². The van der Waals surface area contributed by atoms with Crippen molar-refractivity contribution >= 4 is 5.91 Å². The lowest BCUT2D eigenvalue weighted by Gasteiger charge is -2.34. The number of likely N-dealkylation sites (tertiary alicyclic amines) is 1. The van der Waals surface area contributed by atoms with Crippen molar-refractivity contribution in [2.45, 2.75) is 38.1 Å². The third-order valence-corrected chi connectivity index (χ3v) is 5.39. The third-order valence-electron chi connectivity index (χ3n) is 5.39. The lowest BCUT2D eigenvalue weighted by Crippen LogP contribution is -2.39. The number of piperidine rings is 1. The fourth-order valence-corrected chi connectivity index (χ4v) is 3.90. The van der Waals surface area contributed by atoms with Crippen LogP contribution in [0.5, 0.6) is 5.75 Å². The molecule has 5 heteroatoms. The van der Waals surface area contributed by atoms with E-state index in [1.54, 1.807) is 13.3 Å². The number of nitrogens with zero attached hydrogens (tertiary/aromatic N) is 2. The van der Waals surface area contributed by atoms with Crippen LogP contribution in [0.1, 0.15) is 48.1 Å². The van der Waals surface area contributed by atoms with Crippen LogP contribution in [0.4, 0.5) is 0 Å². The Kier molecular flexibility index (Phi) is 5.94. The first-order valence-corrected chi connectivity index (χ1v) is 10.1. The molecule has 1 amide bonds. The molecule has 0 aliphatic carbocycles. The number of methoxy groups -OCH3 is 1. The number of carbonyl (C=O) groups excluding carboxylic acids is 1. The van der Waals surface area contributed by atoms with E-state index < -0.39 is 0 Å². The molecule has 2 aromatic carbocycles. The molecule has 0 radical (unpaired) electrons. The SMILES string of the molecule is COc1cccc(CC(=O)N2CCCC[C@H]2c2ncc(Cc3ccccc3)o2)c1. The van der Waals surface area contributed by atoms with E-state index in [9.17, 15) is 4.79 Å². The highest BCUT2D eigenvalue weighted by Gasteiger charge is 2.31. The molecular formula is C24H26N2O3. The van der Waals surface area contributed by atoms with Gasteiger partial charge in [-0.2, -0.15) is 0 Å². The molecule has 1 aromatic heterocycles. The molecular weight excluding hydrogens is 364 g/mol. The summed E-state index contributed by atoms with van der Waals surface area (Å²) in [6.45, 7) is 0.740. The second-order valence-corrected chi connectivity index (χ2v) is 7.45. The Morgan fingerprint density at radius 3 is 2.79 bits per heavy atom. The highest BCUT2D eigenvalue weighted by molar-refractivity contribution is 5.79. The summed E-state index contributed by atoms with van der Waals surface area (Å²) in [6, 6.07) is 17.8. The molecule has 1 saturated heterocycles. The van der Waals surface area contributed by atoms with Crippen LogP contribution >= 0.6 is 0 Å². The lowest BCUT2D eigenvalue weighted by atomic mass is 10.0. The molecule has 0 bridgehead atoms. The minimum absolute atomic E-state index is 0.0913. The highest BCUT2D eigenvalue weighted by Crippen LogP contribution is 2.31. The first-order valence-electron chi connectivity index (χ1n) is 10.1. The van der Waals surface area contributed by atoms with E-state index in [1.165, 1.54) is 5.56 Å². The van der Waals surface area contributed by atoms with E-state index >= 15 is 0 Å². The van der Waals surface area contributed by atoms with Crippen LogP contribution in [0, 0.1) is 0 Å². The minimum Gasteiger partial charge on any atom is -0.497 e. The first-order chi connectivity index (χ1) is 14.2. The normalized spacial score (nSPS) is 16.6. The van der Waals surface area contributed by atoms with Gasteiger partial charge in [-0.1, -0.05) is 42.5 Å². The number of hydrogen-bond donors (Lipinski definition) is 0. The van der Waals surface area contributed by atoms with Crippen LogP contribution in [-0.4, -0.2) is 29.4 Å². The monoisotopic (exact) mass is 390 g/mol. The van der Waals surface area contributed by atoms with Gasteiger partial charge in [0.2, 0.25) is 11.8 Å². The van der Waals surface area contributed by atoms with Crippen molar-refractivity contribution in [3.05, 3.63) is 83.6 Å². The first kappa shape index (κ1) is 19.2. The van der Waals surface area contributed by atoms with Crippen molar-refractivity contribution in [1.29, 1.82) is 0 Å². The van der Waals surface area contributed by atoms with Crippen molar-refractivity contribution in [2.24, 2.45) is 0 Å². The van der Waals surface area contributed by atoms with E-state index in [2.05, 4.69) is 17.1 Å². The quantitative estimate of drug-likeness (QED) is 0.619. The van der Waals surface area contributed by atoms with Gasteiger partial charge in [-0.25, -0.2) is 4.98 Å². The number of rotatable bonds is 6. The Hall–Kier alpha value is -3.08. The Morgan fingerprint density at radius 1 is 1.14 bits per heavy atom. The molecule has 1 atom stereocenters. The van der Waals surface area contributed by atoms with Crippen molar-refractivity contribution in [1.82, 2.24) is 9.88 Å². The predicted octanol–water partition coefficient (Wildman–Crippen LogP) is 4.57. The molecule has 29 heavy (non-hydrogen) atoms. The molecule has 0 spiro atoms. The average Bonchev–Trinajstić information content (AvgIpc) is 3.23. The smallest absolute Gasteiger partial charge is 0.227 e. The number of benzene rings is 2. The molecule has 3 aromatic rings. The number of oxazole rings is 1. The number of amides is 1. The zero-order valence-electron chi connectivity index (χ0n) is 16.7. The van der Waals surface area contributed by atoms with Gasteiger partial charge in [-0.3, -0.25) is 4.79 Å². The second-order valence-electron chi connectivity index (χ2n) is 7.45. The molecule has 150 valence electrons. The van der Waals surface area contributed by atoms with Gasteiger partial charge in [0.05, 0.1) is 19.7 Å². The van der Waals surface area contributed by atoms with Gasteiger partial charge in [0.1, 0.15) is 17.6 Å². The van der Waals surface area contributed by atoms with Crippen LogP contribution in [0.25, 0.3) is 0 Å². The highest BCUT2D eigenvalue weighted by atomic mass is 16.5. The molecule has 0 unspecified atom stereocenters. The summed E-state index contributed by atoms with van der Waals surface area (Å²) < 4.78 is 11.3. The van der Waals surface area contributed by atoms with E-state index in [4.69, 9.17) is 9.15 Å². The predicted molar refractivity (Wildman–Crippen MR) is 111 cm³/mol. The van der Waals surface area contributed by atoms with E-state index in [0.29, 0.717) is 18.7 Å². The van der Waals surface area contributed by atoms with Gasteiger partial charge in [-0.05, 0) is 42.5 Å². The van der Waals surface area contributed by atoms with Gasteiger partial charge in [0, 0.05) is 13.0 Å². The topological polar surface area (TPSA) is 55.6 Å². The summed E-state index contributed by atoms with van der Waals surface area (Å²) in [5.74, 6) is 2.35. The standard InChI is InChI=1S/C24H26N2O3/c1-28-20-11-7-10-19(15-20)16-23(27)26-13-6-5-12-22(26)24-25-17-21(29-24)14-18-8-3-2-4-9-18/h2-4,7-11,15,17,22H,5-6,12-14,16H2,1H3/t22-/m0/s1. The Morgan fingerprint density at radius 2 is 1.97 bits per heavy atom. The zero-order chi connectivity index (χ0) is 20.1. The number of carbonyl (C=O) groups is 1. The largest absolute Gasteiger partial charge is 0.497 e. The summed E-state index contributed by atoms with van der Waals surface area (Å²) in [6.07, 6.45) is 5.82. The molecule has 2 heterocycles. The Labute approximate surface area is 171 Å². The summed E-state index contributed by atoms with van der Waals surface area (Å²) in [4.78, 5) is 19.5. The average molecular weight is 390 g/mol. The fourth-order valence-electron chi connectivity index (χ4n) is 3.90. The molecule has 4 rings (SSSR count). The van der Waals surface area contributed by atoms with E-state index in [-0.39, 0.29) is 11.9 Å². The van der Waals surface area contributed by atoms with Gasteiger partial charge in [-0.15, -0.1) is 0 Å². The fraction of sp³-hybridized carbons (Fsp3) is 0.333. The second kappa shape index (κ2) is 8.95. The molecule has 1 aliphatic rings. The number of hydrogen-bond acceptors (Lipinski definition) is 4. The maximum atomic E-state index is 13.1. The molecule has 0 saturated carbocycles. The summed E-state index contributed by atoms with van der Waals surface area (Å²) in [5.41, 5.74) is 2.14. The van der Waals surface area contributed by atoms with Crippen molar-refractivity contribution < 1.29 is 13.9 Å². The molecule has 5 nitrogen and oxygen atoms in total. The van der Waals surface area contributed by atoms with E-state index in [0.717, 1.165) is 42.9 Å². The van der Waals surface area contributed by atoms with Gasteiger partial charge in [0.15, 0.2) is 0 Å². The van der Waals surface area contributed by atoms with E-state index in [1.807, 2.05) is 47.4 Å². The van der Waals surface area contributed by atoms with Gasteiger partial charge >= 0.3 is 0 Å².